The second-order valence-electron chi connectivity index (χ2n) is 2.17. The molecule has 0 saturated heterocycles. The molecule has 0 aliphatic heterocycles. The van der Waals surface area contributed by atoms with E-state index in [-0.39, 0.29) is 6.61 Å². The first-order chi connectivity index (χ1) is 6.49. The maximum Gasteiger partial charge on any atom is 0.344 e. The predicted octanol–water partition coefficient (Wildman–Crippen LogP) is -0.896. The van der Waals surface area contributed by atoms with Crippen molar-refractivity contribution >= 4 is 17.9 Å². The summed E-state index contributed by atoms with van der Waals surface area (Å²) in [5.74, 6) is -4.14. The fraction of sp³-hybridized carbons (Fsp3) is 0.571. The quantitative estimate of drug-likeness (QED) is 0.428. The van der Waals surface area contributed by atoms with Crippen LogP contribution in [0.1, 0.15) is 6.92 Å². The van der Waals surface area contributed by atoms with E-state index < -0.39 is 30.6 Å². The van der Waals surface area contributed by atoms with Gasteiger partial charge in [-0.3, -0.25) is 0 Å². The molecule has 0 aliphatic rings. The van der Waals surface area contributed by atoms with Crippen LogP contribution in [0, 0.1) is 0 Å². The number of aliphatic carboxylic acids is 2. The molecule has 0 aliphatic carbocycles. The lowest BCUT2D eigenvalue weighted by Gasteiger charge is -2.07. The monoisotopic (exact) mass is 206 g/mol. The average molecular weight is 206 g/mol. The van der Waals surface area contributed by atoms with Crippen molar-refractivity contribution in [1.82, 2.24) is 0 Å². The summed E-state index contributed by atoms with van der Waals surface area (Å²) in [6.07, 6.45) is -2.04. The number of rotatable bonds is 6. The van der Waals surface area contributed by atoms with Crippen molar-refractivity contribution in [1.29, 1.82) is 0 Å². The Balaban J connectivity index is 4.01. The van der Waals surface area contributed by atoms with Crippen LogP contribution in [0.15, 0.2) is 0 Å². The molecule has 0 rings (SSSR count). The van der Waals surface area contributed by atoms with Gasteiger partial charge in [-0.2, -0.15) is 0 Å². The fourth-order valence-electron chi connectivity index (χ4n) is 0.602. The Morgan fingerprint density at radius 3 is 2.07 bits per heavy atom. The second-order valence-corrected chi connectivity index (χ2v) is 2.17. The number of hydrogen-bond donors (Lipinski definition) is 2. The van der Waals surface area contributed by atoms with Gasteiger partial charge in [-0.05, 0) is 6.92 Å². The molecule has 0 aromatic carbocycles. The van der Waals surface area contributed by atoms with Crippen LogP contribution in [0.25, 0.3) is 0 Å². The van der Waals surface area contributed by atoms with Gasteiger partial charge in [-0.15, -0.1) is 0 Å². The van der Waals surface area contributed by atoms with Crippen molar-refractivity contribution in [2.45, 2.75) is 13.0 Å². The molecule has 14 heavy (non-hydrogen) atoms. The van der Waals surface area contributed by atoms with Crippen molar-refractivity contribution in [3.63, 3.8) is 0 Å². The lowest BCUT2D eigenvalue weighted by atomic mass is 10.4. The van der Waals surface area contributed by atoms with Crippen LogP contribution in [-0.2, 0) is 23.9 Å². The van der Waals surface area contributed by atoms with E-state index in [4.69, 9.17) is 10.2 Å². The summed E-state index contributed by atoms with van der Waals surface area (Å²) in [6.45, 7) is 0.980. The summed E-state index contributed by atoms with van der Waals surface area (Å²) < 4.78 is 8.71. The lowest BCUT2D eigenvalue weighted by Crippen LogP contribution is -2.34. The Morgan fingerprint density at radius 2 is 1.71 bits per heavy atom. The first-order valence-electron chi connectivity index (χ1n) is 3.71. The molecule has 80 valence electrons. The molecule has 0 aromatic heterocycles. The molecule has 0 fully saturated rings. The Labute approximate surface area is 79.2 Å². The molecule has 0 saturated carbocycles. The number of ether oxygens (including phenoxy) is 2. The maximum atomic E-state index is 10.7. The molecule has 0 spiro atoms. The molecule has 0 atom stereocenters. The zero-order valence-electron chi connectivity index (χ0n) is 7.43. The highest BCUT2D eigenvalue weighted by Crippen LogP contribution is 1.93. The van der Waals surface area contributed by atoms with Gasteiger partial charge in [-0.1, -0.05) is 0 Å². The third kappa shape index (κ3) is 4.41. The molecule has 0 aromatic rings. The third-order valence-corrected chi connectivity index (χ3v) is 1.12. The van der Waals surface area contributed by atoms with Crippen LogP contribution in [0.5, 0.6) is 0 Å². The minimum atomic E-state index is -2.04. The van der Waals surface area contributed by atoms with E-state index >= 15 is 0 Å². The van der Waals surface area contributed by atoms with E-state index in [0.29, 0.717) is 0 Å². The molecular weight excluding hydrogens is 196 g/mol. The molecule has 0 amide bonds. The summed E-state index contributed by atoms with van der Waals surface area (Å²) >= 11 is 0. The van der Waals surface area contributed by atoms with E-state index in [0.717, 1.165) is 0 Å². The first-order valence-corrected chi connectivity index (χ1v) is 3.71. The molecule has 2 N–H and O–H groups in total. The first kappa shape index (κ1) is 12.4. The summed E-state index contributed by atoms with van der Waals surface area (Å²) in [6, 6.07) is 0. The zero-order valence-corrected chi connectivity index (χ0v) is 7.43. The van der Waals surface area contributed by atoms with Gasteiger partial charge < -0.3 is 19.7 Å². The highest BCUT2D eigenvalue weighted by Gasteiger charge is 2.27. The summed E-state index contributed by atoms with van der Waals surface area (Å²) in [4.78, 5) is 31.2. The molecule has 7 heteroatoms. The summed E-state index contributed by atoms with van der Waals surface area (Å²) in [5.41, 5.74) is 0. The van der Waals surface area contributed by atoms with E-state index in [9.17, 15) is 14.4 Å². The van der Waals surface area contributed by atoms with Gasteiger partial charge in [0.1, 0.15) is 6.61 Å². The number of carbonyl (C=O) groups excluding carboxylic acids is 1. The largest absolute Gasteiger partial charge is 0.479 e. The molecular formula is C7H10O7. The van der Waals surface area contributed by atoms with Gasteiger partial charge in [0.25, 0.3) is 6.10 Å². The third-order valence-electron chi connectivity index (χ3n) is 1.12. The van der Waals surface area contributed by atoms with E-state index in [1.165, 1.54) is 0 Å². The average Bonchev–Trinajstić information content (AvgIpc) is 2.03. The minimum absolute atomic E-state index is 0.118. The summed E-state index contributed by atoms with van der Waals surface area (Å²) in [7, 11) is 0. The van der Waals surface area contributed by atoms with Crippen LogP contribution in [0.3, 0.4) is 0 Å². The van der Waals surface area contributed by atoms with Crippen molar-refractivity contribution in [2.75, 3.05) is 13.2 Å². The normalized spacial score (nSPS) is 9.86. The summed E-state index contributed by atoms with van der Waals surface area (Å²) in [5, 5.41) is 16.7. The van der Waals surface area contributed by atoms with Gasteiger partial charge in [0.05, 0.1) is 6.61 Å². The zero-order chi connectivity index (χ0) is 11.1. The Kier molecular flexibility index (Phi) is 5.23. The van der Waals surface area contributed by atoms with E-state index in [2.05, 4.69) is 9.47 Å². The van der Waals surface area contributed by atoms with Crippen LogP contribution in [-0.4, -0.2) is 47.4 Å². The molecule has 0 bridgehead atoms. The highest BCUT2D eigenvalue weighted by atomic mass is 16.6. The van der Waals surface area contributed by atoms with Crippen molar-refractivity contribution in [3.05, 3.63) is 0 Å². The van der Waals surface area contributed by atoms with Crippen molar-refractivity contribution in [3.8, 4) is 0 Å². The van der Waals surface area contributed by atoms with Crippen molar-refractivity contribution < 1.29 is 34.1 Å². The standard InChI is InChI=1S/C7H10O7/c1-2-13-4(8)3-14-5(6(9)10)7(11)12/h5H,2-3H2,1H3,(H,9,10)(H,11,12). The Hall–Kier alpha value is -1.63. The molecule has 0 heterocycles. The number of carboxylic acids is 2. The molecule has 0 unspecified atom stereocenters. The number of carbonyl (C=O) groups is 3. The van der Waals surface area contributed by atoms with E-state index in [1.807, 2.05) is 0 Å². The van der Waals surface area contributed by atoms with Gasteiger partial charge in [0.15, 0.2) is 0 Å². The van der Waals surface area contributed by atoms with Crippen molar-refractivity contribution in [2.24, 2.45) is 0 Å². The van der Waals surface area contributed by atoms with E-state index in [1.54, 1.807) is 6.92 Å². The van der Waals surface area contributed by atoms with Gasteiger partial charge in [-0.25, -0.2) is 14.4 Å². The minimum Gasteiger partial charge on any atom is -0.479 e. The van der Waals surface area contributed by atoms with Gasteiger partial charge in [0.2, 0.25) is 0 Å². The second kappa shape index (κ2) is 5.92. The highest BCUT2D eigenvalue weighted by molar-refractivity contribution is 5.96. The predicted molar refractivity (Wildman–Crippen MR) is 41.6 cm³/mol. The Bertz CT molecular complexity index is 220. The van der Waals surface area contributed by atoms with Gasteiger partial charge in [0, 0.05) is 0 Å². The SMILES string of the molecule is CCOC(=O)COC(C(=O)O)C(=O)O. The van der Waals surface area contributed by atoms with Gasteiger partial charge >= 0.3 is 17.9 Å². The van der Waals surface area contributed by atoms with Crippen LogP contribution >= 0.6 is 0 Å². The number of esters is 1. The lowest BCUT2D eigenvalue weighted by molar-refractivity contribution is -0.169. The topological polar surface area (TPSA) is 110 Å². The molecule has 0 radical (unpaired) electrons. The fourth-order valence-corrected chi connectivity index (χ4v) is 0.602. The molecule has 7 nitrogen and oxygen atoms in total. The van der Waals surface area contributed by atoms with Crippen LogP contribution in [0.2, 0.25) is 0 Å². The number of carboxylic acid groups (broad SMARTS) is 2. The van der Waals surface area contributed by atoms with Crippen LogP contribution < -0.4 is 0 Å². The Morgan fingerprint density at radius 1 is 1.21 bits per heavy atom. The maximum absolute atomic E-state index is 10.7. The van der Waals surface area contributed by atoms with Crippen LogP contribution in [0.4, 0.5) is 0 Å². The smallest absolute Gasteiger partial charge is 0.344 e. The number of hydrogen-bond acceptors (Lipinski definition) is 5.